The van der Waals surface area contributed by atoms with Crippen LogP contribution >= 0.6 is 0 Å². The maximum absolute atomic E-state index is 13.2. The molecule has 2 amide bonds. The summed E-state index contributed by atoms with van der Waals surface area (Å²) in [5.41, 5.74) is 0.827. The Bertz CT molecular complexity index is 892. The predicted molar refractivity (Wildman–Crippen MR) is 101 cm³/mol. The molecule has 2 heterocycles. The molecular formula is C21H22N2O5. The topological polar surface area (TPSA) is 99.9 Å². The number of carboxylic acid groups (broad SMARTS) is 1. The van der Waals surface area contributed by atoms with E-state index in [2.05, 4.69) is 5.32 Å². The van der Waals surface area contributed by atoms with Gasteiger partial charge in [-0.15, -0.1) is 0 Å². The van der Waals surface area contributed by atoms with Gasteiger partial charge >= 0.3 is 5.97 Å². The molecule has 1 aromatic carbocycles. The third kappa shape index (κ3) is 3.40. The largest absolute Gasteiger partial charge is 0.480 e. The van der Waals surface area contributed by atoms with Crippen molar-refractivity contribution in [2.75, 3.05) is 5.32 Å². The third-order valence-corrected chi connectivity index (χ3v) is 5.72. The van der Waals surface area contributed by atoms with Gasteiger partial charge in [0.2, 0.25) is 0 Å². The number of carbonyl (C=O) groups excluding carboxylic acids is 2. The minimum absolute atomic E-state index is 0.0243. The highest BCUT2D eigenvalue weighted by Gasteiger charge is 2.47. The van der Waals surface area contributed by atoms with Crippen molar-refractivity contribution in [3.63, 3.8) is 0 Å². The molecule has 7 nitrogen and oxygen atoms in total. The highest BCUT2D eigenvalue weighted by atomic mass is 16.4. The number of fused-ring (bicyclic) bond motifs is 1. The van der Waals surface area contributed by atoms with Crippen LogP contribution in [-0.2, 0) is 4.79 Å². The number of hydrogen-bond acceptors (Lipinski definition) is 4. The molecule has 1 saturated carbocycles. The molecule has 0 bridgehead atoms. The van der Waals surface area contributed by atoms with Gasteiger partial charge in [0.05, 0.1) is 6.26 Å². The van der Waals surface area contributed by atoms with Crippen molar-refractivity contribution < 1.29 is 23.9 Å². The second-order valence-corrected chi connectivity index (χ2v) is 7.43. The predicted octanol–water partition coefficient (Wildman–Crippen LogP) is 3.39. The molecule has 0 radical (unpaired) electrons. The van der Waals surface area contributed by atoms with Crippen molar-refractivity contribution in [1.29, 1.82) is 0 Å². The van der Waals surface area contributed by atoms with Crippen LogP contribution in [0.2, 0.25) is 0 Å². The maximum Gasteiger partial charge on any atom is 0.326 e. The summed E-state index contributed by atoms with van der Waals surface area (Å²) in [5, 5.41) is 12.3. The number of nitrogens with one attached hydrogen (secondary N) is 1. The molecule has 2 aromatic rings. The summed E-state index contributed by atoms with van der Waals surface area (Å²) in [6.07, 6.45) is 5.84. The van der Waals surface area contributed by atoms with Crippen molar-refractivity contribution in [2.24, 2.45) is 5.92 Å². The number of furan rings is 1. The summed E-state index contributed by atoms with van der Waals surface area (Å²) in [6.45, 7) is 0. The number of anilines is 1. The Morgan fingerprint density at radius 1 is 1.11 bits per heavy atom. The van der Waals surface area contributed by atoms with Gasteiger partial charge in [-0.25, -0.2) is 4.79 Å². The van der Waals surface area contributed by atoms with Gasteiger partial charge in [-0.3, -0.25) is 9.59 Å². The van der Waals surface area contributed by atoms with Crippen molar-refractivity contribution in [3.05, 3.63) is 54.0 Å². The smallest absolute Gasteiger partial charge is 0.326 e. The molecule has 2 N–H and O–H groups in total. The number of hydrogen-bond donors (Lipinski definition) is 2. The second-order valence-electron chi connectivity index (χ2n) is 7.43. The van der Waals surface area contributed by atoms with E-state index in [1.165, 1.54) is 6.26 Å². The Morgan fingerprint density at radius 2 is 1.93 bits per heavy atom. The fourth-order valence-electron chi connectivity index (χ4n) is 4.45. The molecule has 1 saturated heterocycles. The minimum Gasteiger partial charge on any atom is -0.480 e. The molecule has 3 unspecified atom stereocenters. The molecule has 146 valence electrons. The molecule has 1 aliphatic heterocycles. The third-order valence-electron chi connectivity index (χ3n) is 5.72. The van der Waals surface area contributed by atoms with Crippen molar-refractivity contribution in [2.45, 2.75) is 44.2 Å². The Hall–Kier alpha value is -3.09. The zero-order chi connectivity index (χ0) is 19.7. The maximum atomic E-state index is 13.2. The lowest BCUT2D eigenvalue weighted by atomic mass is 9.84. The van der Waals surface area contributed by atoms with Crippen LogP contribution in [0.5, 0.6) is 0 Å². The van der Waals surface area contributed by atoms with Gasteiger partial charge in [0.15, 0.2) is 5.76 Å². The molecule has 28 heavy (non-hydrogen) atoms. The Kier molecular flexibility index (Phi) is 4.90. The Labute approximate surface area is 162 Å². The van der Waals surface area contributed by atoms with Crippen LogP contribution in [0.1, 0.15) is 53.0 Å². The number of rotatable bonds is 4. The number of carbonyl (C=O) groups is 3. The van der Waals surface area contributed by atoms with Gasteiger partial charge in [0.1, 0.15) is 6.04 Å². The first-order chi connectivity index (χ1) is 13.5. The summed E-state index contributed by atoms with van der Waals surface area (Å²) < 4.78 is 5.07. The number of likely N-dealkylation sites (tertiary alicyclic amines) is 1. The van der Waals surface area contributed by atoms with Gasteiger partial charge in [-0.1, -0.05) is 18.9 Å². The van der Waals surface area contributed by atoms with E-state index < -0.39 is 17.9 Å². The van der Waals surface area contributed by atoms with E-state index in [0.717, 1.165) is 25.7 Å². The summed E-state index contributed by atoms with van der Waals surface area (Å²) in [5.74, 6) is -1.24. The first kappa shape index (κ1) is 18.3. The average molecular weight is 382 g/mol. The highest BCUT2D eigenvalue weighted by Crippen LogP contribution is 2.40. The second kappa shape index (κ2) is 7.50. The number of aliphatic carboxylic acids is 1. The number of carboxylic acids is 1. The Morgan fingerprint density at radius 3 is 2.68 bits per heavy atom. The molecule has 2 fully saturated rings. The van der Waals surface area contributed by atoms with E-state index in [-0.39, 0.29) is 23.6 Å². The summed E-state index contributed by atoms with van der Waals surface area (Å²) in [7, 11) is 0. The fraction of sp³-hybridized carbons (Fsp3) is 0.381. The van der Waals surface area contributed by atoms with Gasteiger partial charge in [0.25, 0.3) is 11.8 Å². The summed E-state index contributed by atoms with van der Waals surface area (Å²) in [4.78, 5) is 38.7. The first-order valence-corrected chi connectivity index (χ1v) is 9.55. The van der Waals surface area contributed by atoms with Crippen LogP contribution in [-0.4, -0.2) is 39.9 Å². The molecule has 3 atom stereocenters. The van der Waals surface area contributed by atoms with Crippen molar-refractivity contribution in [3.8, 4) is 0 Å². The zero-order valence-corrected chi connectivity index (χ0v) is 15.3. The van der Waals surface area contributed by atoms with Gasteiger partial charge in [-0.05, 0) is 55.5 Å². The molecular weight excluding hydrogens is 360 g/mol. The van der Waals surface area contributed by atoms with E-state index in [1.54, 1.807) is 41.3 Å². The van der Waals surface area contributed by atoms with E-state index in [1.807, 2.05) is 0 Å². The fourth-order valence-corrected chi connectivity index (χ4v) is 4.45. The van der Waals surface area contributed by atoms with Crippen LogP contribution in [0.15, 0.2) is 47.1 Å². The standard InChI is InChI=1S/C21H22N2O5/c24-19(18-9-4-10-28-18)22-15-7-3-6-14(11-15)20(25)23-16-8-2-1-5-13(16)12-17(23)21(26)27/h3-4,6-7,9-11,13,16-17H,1-2,5,8,12H2,(H,22,24)(H,26,27). The average Bonchev–Trinajstić information content (AvgIpc) is 3.35. The van der Waals surface area contributed by atoms with E-state index >= 15 is 0 Å². The normalized spacial score (nSPS) is 23.9. The van der Waals surface area contributed by atoms with E-state index in [0.29, 0.717) is 17.7 Å². The molecule has 2 aliphatic rings. The quantitative estimate of drug-likeness (QED) is 0.844. The number of nitrogens with zero attached hydrogens (tertiary/aromatic N) is 1. The zero-order valence-electron chi connectivity index (χ0n) is 15.3. The summed E-state index contributed by atoms with van der Waals surface area (Å²) >= 11 is 0. The van der Waals surface area contributed by atoms with Crippen LogP contribution in [0.4, 0.5) is 5.69 Å². The van der Waals surface area contributed by atoms with Crippen LogP contribution in [0.25, 0.3) is 0 Å². The van der Waals surface area contributed by atoms with E-state index in [4.69, 9.17) is 4.42 Å². The monoisotopic (exact) mass is 382 g/mol. The van der Waals surface area contributed by atoms with Gasteiger partial charge in [0, 0.05) is 17.3 Å². The molecule has 1 aromatic heterocycles. The lowest BCUT2D eigenvalue weighted by Gasteiger charge is -2.33. The van der Waals surface area contributed by atoms with Crippen LogP contribution in [0.3, 0.4) is 0 Å². The number of amides is 2. The molecule has 0 spiro atoms. The lowest BCUT2D eigenvalue weighted by Crippen LogP contribution is -2.46. The lowest BCUT2D eigenvalue weighted by molar-refractivity contribution is -0.141. The number of benzene rings is 1. The van der Waals surface area contributed by atoms with Crippen molar-refractivity contribution in [1.82, 2.24) is 4.90 Å². The SMILES string of the molecule is O=C(Nc1cccc(C(=O)N2C(C(=O)O)CC3CCCCC32)c1)c1ccco1. The van der Waals surface area contributed by atoms with Crippen LogP contribution < -0.4 is 5.32 Å². The molecule has 7 heteroatoms. The van der Waals surface area contributed by atoms with Crippen molar-refractivity contribution >= 4 is 23.5 Å². The molecule has 1 aliphatic carbocycles. The molecule has 4 rings (SSSR count). The van der Waals surface area contributed by atoms with Gasteiger partial charge in [-0.2, -0.15) is 0 Å². The minimum atomic E-state index is -0.954. The van der Waals surface area contributed by atoms with Gasteiger partial charge < -0.3 is 19.7 Å². The highest BCUT2D eigenvalue weighted by molar-refractivity contribution is 6.03. The Balaban J connectivity index is 1.57. The van der Waals surface area contributed by atoms with E-state index in [9.17, 15) is 19.5 Å². The summed E-state index contributed by atoms with van der Waals surface area (Å²) in [6, 6.07) is 8.95. The first-order valence-electron chi connectivity index (χ1n) is 9.55. The van der Waals surface area contributed by atoms with Crippen LogP contribution in [0, 0.1) is 5.92 Å².